The molecule has 1 aliphatic rings. The highest BCUT2D eigenvalue weighted by Gasteiger charge is 2.32. The maximum Gasteiger partial charge on any atom is 0.233 e. The van der Waals surface area contributed by atoms with Gasteiger partial charge in [-0.1, -0.05) is 25.9 Å². The van der Waals surface area contributed by atoms with Gasteiger partial charge in [-0.3, -0.25) is 0 Å². The maximum atomic E-state index is 5.88. The molecule has 2 atom stereocenters. The van der Waals surface area contributed by atoms with Crippen molar-refractivity contribution in [2.45, 2.75) is 38.1 Å². The topological polar surface area (TPSA) is 74.2 Å². The lowest BCUT2D eigenvalue weighted by molar-refractivity contribution is 0.187. The average molecular weight is 211 g/mol. The number of ether oxygens (including phenoxy) is 1. The molecule has 1 saturated heterocycles. The lowest BCUT2D eigenvalue weighted by Gasteiger charge is -2.11. The van der Waals surface area contributed by atoms with Crippen LogP contribution in [0.1, 0.15) is 38.4 Å². The van der Waals surface area contributed by atoms with Crippen LogP contribution in [-0.4, -0.2) is 29.4 Å². The van der Waals surface area contributed by atoms with Crippen molar-refractivity contribution in [3.05, 3.63) is 11.7 Å². The van der Waals surface area contributed by atoms with E-state index in [-0.39, 0.29) is 17.4 Å². The fraction of sp³-hybridized carbons (Fsp3) is 0.800. The number of rotatable bonds is 1. The summed E-state index contributed by atoms with van der Waals surface area (Å²) in [5.74, 6) is 1.37. The lowest BCUT2D eigenvalue weighted by Crippen LogP contribution is -2.27. The van der Waals surface area contributed by atoms with Crippen LogP contribution in [0.2, 0.25) is 0 Å². The molecule has 1 fully saturated rings. The second-order valence-electron chi connectivity index (χ2n) is 5.01. The van der Waals surface area contributed by atoms with Crippen molar-refractivity contribution in [1.82, 2.24) is 10.1 Å². The second-order valence-corrected chi connectivity index (χ2v) is 5.01. The van der Waals surface area contributed by atoms with Gasteiger partial charge in [-0.15, -0.1) is 0 Å². The largest absolute Gasteiger partial charge is 0.379 e. The van der Waals surface area contributed by atoms with Crippen LogP contribution in [0.25, 0.3) is 0 Å². The van der Waals surface area contributed by atoms with E-state index in [1.54, 1.807) is 0 Å². The van der Waals surface area contributed by atoms with Gasteiger partial charge in [0.25, 0.3) is 0 Å². The first-order valence-electron chi connectivity index (χ1n) is 5.16. The molecule has 84 valence electrons. The highest BCUT2D eigenvalue weighted by Crippen LogP contribution is 2.26. The summed E-state index contributed by atoms with van der Waals surface area (Å²) in [5.41, 5.74) is 5.78. The molecule has 5 heteroatoms. The third-order valence-corrected chi connectivity index (χ3v) is 2.55. The maximum absolute atomic E-state index is 5.88. The summed E-state index contributed by atoms with van der Waals surface area (Å²) in [5, 5.41) is 3.97. The van der Waals surface area contributed by atoms with Gasteiger partial charge in [-0.2, -0.15) is 4.98 Å². The Morgan fingerprint density at radius 1 is 1.33 bits per heavy atom. The predicted molar refractivity (Wildman–Crippen MR) is 54.5 cm³/mol. The third kappa shape index (κ3) is 2.03. The molecular formula is C10H17N3O2. The molecule has 0 aromatic carbocycles. The summed E-state index contributed by atoms with van der Waals surface area (Å²) in [6, 6.07) is -0.0294. The van der Waals surface area contributed by atoms with E-state index in [0.29, 0.717) is 19.1 Å². The van der Waals surface area contributed by atoms with Gasteiger partial charge >= 0.3 is 0 Å². The Bertz CT molecular complexity index is 343. The Morgan fingerprint density at radius 2 is 2.07 bits per heavy atom. The SMILES string of the molecule is CC(C)(C)c1noc(C2COCC2N)n1. The van der Waals surface area contributed by atoms with Gasteiger partial charge < -0.3 is 15.0 Å². The zero-order valence-corrected chi connectivity index (χ0v) is 9.36. The number of aromatic nitrogens is 2. The van der Waals surface area contributed by atoms with Crippen LogP contribution in [0.3, 0.4) is 0 Å². The number of hydrogen-bond donors (Lipinski definition) is 1. The van der Waals surface area contributed by atoms with E-state index in [9.17, 15) is 0 Å². The molecule has 2 rings (SSSR count). The van der Waals surface area contributed by atoms with Crippen molar-refractivity contribution in [3.63, 3.8) is 0 Å². The molecule has 0 spiro atoms. The molecule has 0 bridgehead atoms. The van der Waals surface area contributed by atoms with Crippen molar-refractivity contribution in [1.29, 1.82) is 0 Å². The molecule has 15 heavy (non-hydrogen) atoms. The molecule has 0 amide bonds. The van der Waals surface area contributed by atoms with Crippen LogP contribution in [0.5, 0.6) is 0 Å². The van der Waals surface area contributed by atoms with E-state index in [4.69, 9.17) is 15.0 Å². The van der Waals surface area contributed by atoms with Gasteiger partial charge in [-0.05, 0) is 0 Å². The van der Waals surface area contributed by atoms with Gasteiger partial charge in [-0.25, -0.2) is 0 Å². The van der Waals surface area contributed by atoms with Crippen molar-refractivity contribution in [3.8, 4) is 0 Å². The van der Waals surface area contributed by atoms with Crippen molar-refractivity contribution in [2.24, 2.45) is 5.73 Å². The number of nitrogens with two attached hydrogens (primary N) is 1. The molecule has 1 aromatic heterocycles. The molecule has 0 radical (unpaired) electrons. The Hall–Kier alpha value is -0.940. The molecule has 2 unspecified atom stereocenters. The average Bonchev–Trinajstić information content (AvgIpc) is 2.69. The van der Waals surface area contributed by atoms with Crippen LogP contribution in [0.15, 0.2) is 4.52 Å². The van der Waals surface area contributed by atoms with Crippen molar-refractivity contribution in [2.75, 3.05) is 13.2 Å². The predicted octanol–water partition coefficient (Wildman–Crippen LogP) is 0.808. The summed E-state index contributed by atoms with van der Waals surface area (Å²) >= 11 is 0. The van der Waals surface area contributed by atoms with Crippen LogP contribution in [0, 0.1) is 0 Å². The summed E-state index contributed by atoms with van der Waals surface area (Å²) in [4.78, 5) is 4.38. The fourth-order valence-electron chi connectivity index (χ4n) is 1.52. The quantitative estimate of drug-likeness (QED) is 0.744. The highest BCUT2D eigenvalue weighted by molar-refractivity contribution is 5.06. The zero-order valence-electron chi connectivity index (χ0n) is 9.36. The smallest absolute Gasteiger partial charge is 0.233 e. The summed E-state index contributed by atoms with van der Waals surface area (Å²) < 4.78 is 10.5. The Balaban J connectivity index is 2.20. The normalized spacial score (nSPS) is 27.2. The minimum Gasteiger partial charge on any atom is -0.379 e. The summed E-state index contributed by atoms with van der Waals surface area (Å²) in [6.45, 7) is 7.29. The first-order valence-corrected chi connectivity index (χ1v) is 5.16. The van der Waals surface area contributed by atoms with E-state index < -0.39 is 0 Å². The number of nitrogens with zero attached hydrogens (tertiary/aromatic N) is 2. The van der Waals surface area contributed by atoms with E-state index in [1.807, 2.05) is 20.8 Å². The van der Waals surface area contributed by atoms with E-state index in [2.05, 4.69) is 10.1 Å². The number of hydrogen-bond acceptors (Lipinski definition) is 5. The first-order chi connectivity index (χ1) is 6.98. The molecule has 1 aromatic rings. The Morgan fingerprint density at radius 3 is 2.53 bits per heavy atom. The molecule has 5 nitrogen and oxygen atoms in total. The minimum atomic E-state index is -0.0920. The van der Waals surface area contributed by atoms with E-state index >= 15 is 0 Å². The van der Waals surface area contributed by atoms with Crippen LogP contribution in [0.4, 0.5) is 0 Å². The van der Waals surface area contributed by atoms with Crippen LogP contribution >= 0.6 is 0 Å². The molecule has 0 saturated carbocycles. The molecule has 2 heterocycles. The molecular weight excluding hydrogens is 194 g/mol. The molecule has 2 N–H and O–H groups in total. The van der Waals surface area contributed by atoms with Crippen molar-refractivity contribution < 1.29 is 9.26 Å². The second kappa shape index (κ2) is 3.57. The zero-order chi connectivity index (χ0) is 11.1. The third-order valence-electron chi connectivity index (χ3n) is 2.55. The minimum absolute atomic E-state index is 0.0294. The van der Waals surface area contributed by atoms with E-state index in [1.165, 1.54) is 0 Å². The molecule has 0 aliphatic carbocycles. The monoisotopic (exact) mass is 211 g/mol. The van der Waals surface area contributed by atoms with Gasteiger partial charge in [0.1, 0.15) is 0 Å². The molecule has 1 aliphatic heterocycles. The Labute approximate surface area is 89.0 Å². The van der Waals surface area contributed by atoms with Gasteiger partial charge in [0, 0.05) is 11.5 Å². The van der Waals surface area contributed by atoms with E-state index in [0.717, 1.165) is 5.82 Å². The summed E-state index contributed by atoms with van der Waals surface area (Å²) in [6.07, 6.45) is 0. The van der Waals surface area contributed by atoms with Crippen LogP contribution in [-0.2, 0) is 10.2 Å². The standard InChI is InChI=1S/C10H17N3O2/c1-10(2,3)9-12-8(15-13-9)6-4-14-5-7(6)11/h6-7H,4-5,11H2,1-3H3. The lowest BCUT2D eigenvalue weighted by atomic mass is 9.96. The highest BCUT2D eigenvalue weighted by atomic mass is 16.5. The van der Waals surface area contributed by atoms with Gasteiger partial charge in [0.2, 0.25) is 5.89 Å². The fourth-order valence-corrected chi connectivity index (χ4v) is 1.52. The Kier molecular flexibility index (Phi) is 2.52. The van der Waals surface area contributed by atoms with Crippen LogP contribution < -0.4 is 5.73 Å². The van der Waals surface area contributed by atoms with Gasteiger partial charge in [0.05, 0.1) is 19.1 Å². The first kappa shape index (κ1) is 10.6. The van der Waals surface area contributed by atoms with Crippen molar-refractivity contribution >= 4 is 0 Å². The summed E-state index contributed by atoms with van der Waals surface area (Å²) in [7, 11) is 0. The van der Waals surface area contributed by atoms with Gasteiger partial charge in [0.15, 0.2) is 5.82 Å².